The first kappa shape index (κ1) is 15.0. The average molecular weight is 314 g/mol. The molecule has 0 saturated heterocycles. The lowest BCUT2D eigenvalue weighted by Gasteiger charge is -2.26. The molecule has 1 saturated carbocycles. The van der Waals surface area contributed by atoms with Gasteiger partial charge in [0.1, 0.15) is 5.75 Å². The Hall–Kier alpha value is -2.54. The highest BCUT2D eigenvalue weighted by atomic mass is 16.5. The maximum Gasteiger partial charge on any atom is 0.119 e. The number of ether oxygens (including phenoxy) is 1. The van der Waals surface area contributed by atoms with Crippen molar-refractivity contribution in [2.24, 2.45) is 0 Å². The van der Waals surface area contributed by atoms with E-state index in [-0.39, 0.29) is 0 Å². The monoisotopic (exact) mass is 314 g/mol. The summed E-state index contributed by atoms with van der Waals surface area (Å²) in [6.07, 6.45) is 4.04. The Bertz CT molecular complexity index is 846. The van der Waals surface area contributed by atoms with E-state index in [9.17, 15) is 0 Å². The Morgan fingerprint density at radius 3 is 2.04 bits per heavy atom. The Morgan fingerprint density at radius 1 is 0.750 bits per heavy atom. The summed E-state index contributed by atoms with van der Waals surface area (Å²) in [5.74, 6) is 1.65. The van der Waals surface area contributed by atoms with E-state index >= 15 is 0 Å². The van der Waals surface area contributed by atoms with Crippen LogP contribution in [0.5, 0.6) is 5.75 Å². The minimum Gasteiger partial charge on any atom is -0.497 e. The van der Waals surface area contributed by atoms with Crippen LogP contribution in [-0.2, 0) is 0 Å². The molecule has 0 N–H and O–H groups in total. The van der Waals surface area contributed by atoms with Crippen molar-refractivity contribution in [1.29, 1.82) is 0 Å². The van der Waals surface area contributed by atoms with E-state index in [0.29, 0.717) is 0 Å². The van der Waals surface area contributed by atoms with E-state index in [1.54, 1.807) is 7.11 Å². The molecule has 3 aromatic rings. The average Bonchev–Trinajstić information content (AvgIpc) is 2.61. The van der Waals surface area contributed by atoms with Gasteiger partial charge >= 0.3 is 0 Å². The number of methoxy groups -OCH3 is 1. The number of hydrogen-bond acceptors (Lipinski definition) is 1. The molecule has 1 nitrogen and oxygen atoms in total. The summed E-state index contributed by atoms with van der Waals surface area (Å²) in [5, 5.41) is 0. The second kappa shape index (κ2) is 6.52. The number of rotatable bonds is 4. The van der Waals surface area contributed by atoms with E-state index in [1.807, 2.05) is 6.07 Å². The first-order valence-corrected chi connectivity index (χ1v) is 8.69. The fraction of sp³-hybridized carbons (Fsp3) is 0.217. The van der Waals surface area contributed by atoms with Crippen LogP contribution in [0.4, 0.5) is 0 Å². The molecular weight excluding hydrogens is 292 g/mol. The molecule has 0 radical (unpaired) electrons. The fourth-order valence-corrected chi connectivity index (χ4v) is 3.48. The predicted octanol–water partition coefficient (Wildman–Crippen LogP) is 6.30. The molecule has 0 spiro atoms. The van der Waals surface area contributed by atoms with Gasteiger partial charge in [0.25, 0.3) is 0 Å². The standard InChI is InChI=1S/C23H22O/c1-24-21-12-6-11-20(16-21)23-14-3-2-13-22(23)19-10-5-9-18(15-19)17-7-4-8-17/h2-3,5-6,9-17H,4,7-8H2,1H3. The van der Waals surface area contributed by atoms with Crippen LogP contribution in [0.25, 0.3) is 22.3 Å². The van der Waals surface area contributed by atoms with Crippen LogP contribution in [0, 0.1) is 0 Å². The molecule has 0 bridgehead atoms. The van der Waals surface area contributed by atoms with Crippen LogP contribution in [0.1, 0.15) is 30.7 Å². The molecule has 4 rings (SSSR count). The molecule has 0 unspecified atom stereocenters. The summed E-state index contributed by atoms with van der Waals surface area (Å²) < 4.78 is 5.39. The van der Waals surface area contributed by atoms with E-state index in [1.165, 1.54) is 47.1 Å². The maximum atomic E-state index is 5.39. The van der Waals surface area contributed by atoms with Crippen LogP contribution < -0.4 is 4.74 Å². The summed E-state index contributed by atoms with van der Waals surface area (Å²) in [5.41, 5.74) is 6.52. The fourth-order valence-electron chi connectivity index (χ4n) is 3.48. The Labute approximate surface area is 143 Å². The van der Waals surface area contributed by atoms with Crippen molar-refractivity contribution >= 4 is 0 Å². The van der Waals surface area contributed by atoms with Gasteiger partial charge in [0.05, 0.1) is 7.11 Å². The van der Waals surface area contributed by atoms with Gasteiger partial charge in [-0.1, -0.05) is 67.1 Å². The van der Waals surface area contributed by atoms with Gasteiger partial charge in [0, 0.05) is 0 Å². The van der Waals surface area contributed by atoms with Gasteiger partial charge in [-0.2, -0.15) is 0 Å². The summed E-state index contributed by atoms with van der Waals surface area (Å²) in [4.78, 5) is 0. The molecule has 0 aliphatic heterocycles. The lowest BCUT2D eigenvalue weighted by Crippen LogP contribution is -2.08. The van der Waals surface area contributed by atoms with Crippen LogP contribution in [0.2, 0.25) is 0 Å². The molecule has 0 aromatic heterocycles. The minimum atomic E-state index is 0.758. The second-order valence-corrected chi connectivity index (χ2v) is 6.53. The van der Waals surface area contributed by atoms with Crippen molar-refractivity contribution in [1.82, 2.24) is 0 Å². The van der Waals surface area contributed by atoms with Crippen LogP contribution >= 0.6 is 0 Å². The zero-order valence-corrected chi connectivity index (χ0v) is 14.0. The van der Waals surface area contributed by atoms with Crippen LogP contribution in [-0.4, -0.2) is 7.11 Å². The molecule has 120 valence electrons. The molecule has 1 heteroatoms. The van der Waals surface area contributed by atoms with E-state index in [4.69, 9.17) is 4.74 Å². The largest absolute Gasteiger partial charge is 0.497 e. The topological polar surface area (TPSA) is 9.23 Å². The lowest BCUT2D eigenvalue weighted by molar-refractivity contribution is 0.415. The lowest BCUT2D eigenvalue weighted by atomic mass is 9.79. The van der Waals surface area contributed by atoms with Crippen LogP contribution in [0.3, 0.4) is 0 Å². The van der Waals surface area contributed by atoms with E-state index < -0.39 is 0 Å². The highest BCUT2D eigenvalue weighted by molar-refractivity contribution is 5.84. The van der Waals surface area contributed by atoms with Crippen molar-refractivity contribution in [3.05, 3.63) is 78.4 Å². The highest BCUT2D eigenvalue weighted by Gasteiger charge is 2.19. The van der Waals surface area contributed by atoms with E-state index in [0.717, 1.165) is 11.7 Å². The van der Waals surface area contributed by atoms with Crippen LogP contribution in [0.15, 0.2) is 72.8 Å². The Balaban J connectivity index is 1.79. The van der Waals surface area contributed by atoms with E-state index in [2.05, 4.69) is 66.7 Å². The Morgan fingerprint density at radius 2 is 1.42 bits per heavy atom. The van der Waals surface area contributed by atoms with Gasteiger partial charge in [0.2, 0.25) is 0 Å². The maximum absolute atomic E-state index is 5.39. The van der Waals surface area contributed by atoms with Gasteiger partial charge in [-0.25, -0.2) is 0 Å². The van der Waals surface area contributed by atoms with Crippen molar-refractivity contribution in [2.45, 2.75) is 25.2 Å². The second-order valence-electron chi connectivity index (χ2n) is 6.53. The number of hydrogen-bond donors (Lipinski definition) is 0. The number of benzene rings is 3. The van der Waals surface area contributed by atoms with Gasteiger partial charge < -0.3 is 4.74 Å². The van der Waals surface area contributed by atoms with Gasteiger partial charge in [-0.05, 0) is 58.7 Å². The summed E-state index contributed by atoms with van der Waals surface area (Å²) in [7, 11) is 1.72. The SMILES string of the molecule is COc1cccc(-c2ccccc2-c2cccc(C3CCC3)c2)c1. The molecule has 24 heavy (non-hydrogen) atoms. The normalized spacial score (nSPS) is 14.2. The van der Waals surface area contributed by atoms with Gasteiger partial charge in [-0.3, -0.25) is 0 Å². The van der Waals surface area contributed by atoms with Gasteiger partial charge in [0.15, 0.2) is 0 Å². The van der Waals surface area contributed by atoms with Gasteiger partial charge in [-0.15, -0.1) is 0 Å². The molecule has 1 fully saturated rings. The summed E-state index contributed by atoms with van der Waals surface area (Å²) >= 11 is 0. The zero-order chi connectivity index (χ0) is 16.4. The smallest absolute Gasteiger partial charge is 0.119 e. The zero-order valence-electron chi connectivity index (χ0n) is 14.0. The first-order valence-electron chi connectivity index (χ1n) is 8.69. The van der Waals surface area contributed by atoms with Crippen molar-refractivity contribution in [3.8, 4) is 28.0 Å². The minimum absolute atomic E-state index is 0.758. The van der Waals surface area contributed by atoms with Crippen molar-refractivity contribution in [3.63, 3.8) is 0 Å². The van der Waals surface area contributed by atoms with Crippen molar-refractivity contribution < 1.29 is 4.74 Å². The predicted molar refractivity (Wildman–Crippen MR) is 100 cm³/mol. The molecule has 0 atom stereocenters. The quantitative estimate of drug-likeness (QED) is 0.549. The molecule has 1 aliphatic carbocycles. The molecule has 0 heterocycles. The third-order valence-electron chi connectivity index (χ3n) is 5.08. The third-order valence-corrected chi connectivity index (χ3v) is 5.08. The molecule has 0 amide bonds. The molecular formula is C23H22O. The Kier molecular flexibility index (Phi) is 4.08. The summed E-state index contributed by atoms with van der Waals surface area (Å²) in [6, 6.07) is 26.0. The highest BCUT2D eigenvalue weighted by Crippen LogP contribution is 2.39. The third kappa shape index (κ3) is 2.82. The first-order chi connectivity index (χ1) is 11.8. The van der Waals surface area contributed by atoms with Crippen molar-refractivity contribution in [2.75, 3.05) is 7.11 Å². The molecule has 3 aromatic carbocycles. The molecule has 1 aliphatic rings. The summed E-state index contributed by atoms with van der Waals surface area (Å²) in [6.45, 7) is 0.